The van der Waals surface area contributed by atoms with E-state index >= 15 is 0 Å². The van der Waals surface area contributed by atoms with Crippen LogP contribution in [-0.2, 0) is 4.79 Å². The van der Waals surface area contributed by atoms with Gasteiger partial charge in [0.15, 0.2) is 0 Å². The molecule has 0 aromatic rings. The van der Waals surface area contributed by atoms with Crippen molar-refractivity contribution in [2.45, 2.75) is 26.3 Å². The first-order valence-electron chi connectivity index (χ1n) is 3.19. The first-order chi connectivity index (χ1) is 4.59. The van der Waals surface area contributed by atoms with Crippen LogP contribution in [0.2, 0.25) is 0 Å². The molecule has 0 aliphatic carbocycles. The molecular formula is C6H16ClNO3. The molecule has 1 atom stereocenters. The minimum Gasteiger partial charge on any atom is -0.480 e. The molecule has 4 N–H and O–H groups in total. The van der Waals surface area contributed by atoms with Crippen molar-refractivity contribution in [1.82, 2.24) is 0 Å². The number of halogens is 1. The third-order valence-corrected chi connectivity index (χ3v) is 0.757. The zero-order valence-corrected chi connectivity index (χ0v) is 7.60. The summed E-state index contributed by atoms with van der Waals surface area (Å²) >= 11 is 0. The SMILES string of the molecule is CCC(N)C(=O)O.CCO.Cl. The Balaban J connectivity index is -0.000000140. The summed E-state index contributed by atoms with van der Waals surface area (Å²) in [7, 11) is 0. The second-order valence-electron chi connectivity index (χ2n) is 1.67. The fraction of sp³-hybridized carbons (Fsp3) is 0.833. The largest absolute Gasteiger partial charge is 0.480 e. The van der Waals surface area contributed by atoms with Crippen molar-refractivity contribution in [1.29, 1.82) is 0 Å². The van der Waals surface area contributed by atoms with Crippen molar-refractivity contribution in [2.75, 3.05) is 6.61 Å². The molecular weight excluding hydrogens is 170 g/mol. The van der Waals surface area contributed by atoms with E-state index in [0.717, 1.165) is 0 Å². The summed E-state index contributed by atoms with van der Waals surface area (Å²) in [6.07, 6.45) is 0.495. The number of aliphatic hydroxyl groups is 1. The van der Waals surface area contributed by atoms with E-state index in [0.29, 0.717) is 6.42 Å². The molecule has 1 unspecified atom stereocenters. The molecule has 0 saturated carbocycles. The van der Waals surface area contributed by atoms with Gasteiger partial charge in [0.1, 0.15) is 6.04 Å². The van der Waals surface area contributed by atoms with Crippen molar-refractivity contribution in [2.24, 2.45) is 5.73 Å². The van der Waals surface area contributed by atoms with Crippen LogP contribution in [0.1, 0.15) is 20.3 Å². The molecule has 0 rings (SSSR count). The number of rotatable bonds is 2. The monoisotopic (exact) mass is 185 g/mol. The van der Waals surface area contributed by atoms with Crippen LogP contribution in [0.5, 0.6) is 0 Å². The molecule has 0 aliphatic rings. The Kier molecular flexibility index (Phi) is 19.1. The third-order valence-electron chi connectivity index (χ3n) is 0.757. The number of nitrogens with two attached hydrogens (primary N) is 1. The van der Waals surface area contributed by atoms with Gasteiger partial charge in [-0.15, -0.1) is 12.4 Å². The minimum atomic E-state index is -0.928. The summed E-state index contributed by atoms with van der Waals surface area (Å²) in [6, 6.07) is -0.681. The second-order valence-corrected chi connectivity index (χ2v) is 1.67. The minimum absolute atomic E-state index is 0. The fourth-order valence-electron chi connectivity index (χ4n) is 0.175. The molecule has 0 aromatic heterocycles. The fourth-order valence-corrected chi connectivity index (χ4v) is 0.175. The number of carboxylic acids is 1. The maximum atomic E-state index is 9.81. The number of carbonyl (C=O) groups is 1. The molecule has 5 heteroatoms. The normalized spacial score (nSPS) is 10.2. The highest BCUT2D eigenvalue weighted by Gasteiger charge is 2.05. The molecule has 0 saturated heterocycles. The van der Waals surface area contributed by atoms with Gasteiger partial charge >= 0.3 is 5.97 Å². The lowest BCUT2D eigenvalue weighted by molar-refractivity contribution is -0.138. The van der Waals surface area contributed by atoms with E-state index in [1.807, 2.05) is 0 Å². The van der Waals surface area contributed by atoms with E-state index < -0.39 is 12.0 Å². The summed E-state index contributed by atoms with van der Waals surface area (Å²) in [5.41, 5.74) is 5.02. The van der Waals surface area contributed by atoms with Crippen LogP contribution in [0.4, 0.5) is 0 Å². The van der Waals surface area contributed by atoms with E-state index in [-0.39, 0.29) is 19.0 Å². The second kappa shape index (κ2) is 12.4. The molecule has 11 heavy (non-hydrogen) atoms. The van der Waals surface area contributed by atoms with E-state index in [1.165, 1.54) is 0 Å². The lowest BCUT2D eigenvalue weighted by Crippen LogP contribution is -2.28. The lowest BCUT2D eigenvalue weighted by Gasteiger charge is -1.97. The van der Waals surface area contributed by atoms with Crippen molar-refractivity contribution in [3.8, 4) is 0 Å². The van der Waals surface area contributed by atoms with Gasteiger partial charge in [0.25, 0.3) is 0 Å². The summed E-state index contributed by atoms with van der Waals surface area (Å²) in [6.45, 7) is 3.67. The summed E-state index contributed by atoms with van der Waals surface area (Å²) in [5.74, 6) is -0.928. The van der Waals surface area contributed by atoms with Gasteiger partial charge in [-0.1, -0.05) is 6.92 Å². The predicted molar refractivity (Wildman–Crippen MR) is 45.9 cm³/mol. The van der Waals surface area contributed by atoms with Gasteiger partial charge < -0.3 is 15.9 Å². The van der Waals surface area contributed by atoms with Crippen molar-refractivity contribution in [3.63, 3.8) is 0 Å². The predicted octanol–water partition coefficient (Wildman–Crippen LogP) is 0.229. The number of hydrogen-bond acceptors (Lipinski definition) is 3. The van der Waals surface area contributed by atoms with Crippen LogP contribution in [0.25, 0.3) is 0 Å². The third kappa shape index (κ3) is 17.7. The average Bonchev–Trinajstić information content (AvgIpc) is 1.88. The Labute approximate surface area is 72.8 Å². The van der Waals surface area contributed by atoms with Crippen molar-refractivity contribution >= 4 is 18.4 Å². The lowest BCUT2D eigenvalue weighted by atomic mass is 10.2. The highest BCUT2D eigenvalue weighted by atomic mass is 35.5. The van der Waals surface area contributed by atoms with E-state index in [4.69, 9.17) is 15.9 Å². The topological polar surface area (TPSA) is 83.6 Å². The molecule has 0 spiro atoms. The zero-order chi connectivity index (χ0) is 8.57. The summed E-state index contributed by atoms with van der Waals surface area (Å²) in [5, 5.41) is 15.6. The Morgan fingerprint density at radius 3 is 1.82 bits per heavy atom. The van der Waals surface area contributed by atoms with Gasteiger partial charge in [-0.3, -0.25) is 4.79 Å². The maximum absolute atomic E-state index is 9.81. The van der Waals surface area contributed by atoms with Crippen LogP contribution >= 0.6 is 12.4 Å². The highest BCUT2D eigenvalue weighted by molar-refractivity contribution is 5.85. The van der Waals surface area contributed by atoms with Crippen LogP contribution in [0.15, 0.2) is 0 Å². The van der Waals surface area contributed by atoms with Crippen molar-refractivity contribution in [3.05, 3.63) is 0 Å². The molecule has 0 aromatic carbocycles. The Morgan fingerprint density at radius 2 is 1.82 bits per heavy atom. The van der Waals surface area contributed by atoms with Crippen LogP contribution in [0.3, 0.4) is 0 Å². The molecule has 0 amide bonds. The highest BCUT2D eigenvalue weighted by Crippen LogP contribution is 1.82. The standard InChI is InChI=1S/C4H9NO2.C2H6O.ClH/c1-2-3(5)4(6)7;1-2-3;/h3H,2,5H2,1H3,(H,6,7);3H,2H2,1H3;1H. The zero-order valence-electron chi connectivity index (χ0n) is 6.78. The Bertz CT molecular complexity index is 89.9. The molecule has 0 heterocycles. The first-order valence-corrected chi connectivity index (χ1v) is 3.19. The number of hydrogen-bond donors (Lipinski definition) is 3. The summed E-state index contributed by atoms with van der Waals surface area (Å²) in [4.78, 5) is 9.81. The molecule has 4 nitrogen and oxygen atoms in total. The number of carboxylic acid groups (broad SMARTS) is 1. The first kappa shape index (κ1) is 17.0. The van der Waals surface area contributed by atoms with E-state index in [9.17, 15) is 4.79 Å². The molecule has 70 valence electrons. The molecule has 0 radical (unpaired) electrons. The van der Waals surface area contributed by atoms with Gasteiger partial charge in [0.05, 0.1) is 0 Å². The molecule has 0 aliphatic heterocycles. The van der Waals surface area contributed by atoms with Crippen molar-refractivity contribution < 1.29 is 15.0 Å². The molecule has 0 bridgehead atoms. The van der Waals surface area contributed by atoms with Gasteiger partial charge in [-0.2, -0.15) is 0 Å². The number of aliphatic carboxylic acids is 1. The van der Waals surface area contributed by atoms with Gasteiger partial charge in [0.2, 0.25) is 0 Å². The van der Waals surface area contributed by atoms with E-state index in [1.54, 1.807) is 13.8 Å². The van der Waals surface area contributed by atoms with E-state index in [2.05, 4.69) is 0 Å². The molecule has 0 fully saturated rings. The smallest absolute Gasteiger partial charge is 0.320 e. The van der Waals surface area contributed by atoms with Crippen LogP contribution < -0.4 is 5.73 Å². The van der Waals surface area contributed by atoms with Gasteiger partial charge in [-0.25, -0.2) is 0 Å². The Hall–Kier alpha value is -0.320. The number of aliphatic hydroxyl groups excluding tert-OH is 1. The van der Waals surface area contributed by atoms with Gasteiger partial charge in [-0.05, 0) is 13.3 Å². The van der Waals surface area contributed by atoms with Gasteiger partial charge in [0, 0.05) is 6.61 Å². The Morgan fingerprint density at radius 1 is 1.55 bits per heavy atom. The average molecular weight is 186 g/mol. The summed E-state index contributed by atoms with van der Waals surface area (Å²) < 4.78 is 0. The van der Waals surface area contributed by atoms with Crippen LogP contribution in [-0.4, -0.2) is 28.8 Å². The maximum Gasteiger partial charge on any atom is 0.320 e. The quantitative estimate of drug-likeness (QED) is 0.575. The van der Waals surface area contributed by atoms with Crippen LogP contribution in [0, 0.1) is 0 Å².